The van der Waals surface area contributed by atoms with E-state index in [0.717, 1.165) is 37.3 Å². The van der Waals surface area contributed by atoms with Crippen LogP contribution in [0.1, 0.15) is 141 Å². The molecular formula is C67H99ClF3N11O11. The van der Waals surface area contributed by atoms with E-state index in [0.29, 0.717) is 43.2 Å². The lowest BCUT2D eigenvalue weighted by Gasteiger charge is -2.41. The number of amides is 11. The minimum atomic E-state index is -4.75. The van der Waals surface area contributed by atoms with Gasteiger partial charge in [0.25, 0.3) is 0 Å². The first kappa shape index (κ1) is 76.4. The van der Waals surface area contributed by atoms with Crippen LogP contribution in [0.2, 0.25) is 5.02 Å². The van der Waals surface area contributed by atoms with Gasteiger partial charge in [0.2, 0.25) is 65.0 Å². The number of rotatable bonds is 11. The predicted octanol–water partition coefficient (Wildman–Crippen LogP) is 5.48. The van der Waals surface area contributed by atoms with Gasteiger partial charge in [-0.3, -0.25) is 52.7 Å². The van der Waals surface area contributed by atoms with Crippen molar-refractivity contribution in [1.29, 1.82) is 0 Å². The quantitative estimate of drug-likeness (QED) is 0.254. The Kier molecular flexibility index (Phi) is 27.3. The molecule has 1 saturated carbocycles. The fourth-order valence-electron chi connectivity index (χ4n) is 12.5. The summed E-state index contributed by atoms with van der Waals surface area (Å²) in [5, 5.41) is 8.07. The van der Waals surface area contributed by atoms with Gasteiger partial charge in [-0.05, 0) is 99.8 Å². The Labute approximate surface area is 551 Å². The average Bonchev–Trinajstić information content (AvgIpc) is 1.77. The molecule has 3 N–H and O–H groups in total. The Bertz CT molecular complexity index is 3040. The van der Waals surface area contributed by atoms with Crippen molar-refractivity contribution in [3.63, 3.8) is 0 Å². The van der Waals surface area contributed by atoms with E-state index < -0.39 is 161 Å². The molecule has 516 valence electrons. The van der Waals surface area contributed by atoms with Crippen LogP contribution in [0.25, 0.3) is 0 Å². The Morgan fingerprint density at radius 1 is 0.634 bits per heavy atom. The molecule has 0 radical (unpaired) electrons. The molecular weight excluding hydrogens is 1230 g/mol. The highest BCUT2D eigenvalue weighted by atomic mass is 35.5. The molecule has 3 aliphatic rings. The lowest BCUT2D eigenvalue weighted by Crippen LogP contribution is -2.64. The summed E-state index contributed by atoms with van der Waals surface area (Å²) in [6.07, 6.45) is -2.25. The normalized spacial score (nSPS) is 25.0. The van der Waals surface area contributed by atoms with Crippen LogP contribution in [0.4, 0.5) is 13.2 Å². The highest BCUT2D eigenvalue weighted by Crippen LogP contribution is 2.37. The molecule has 0 aromatic heterocycles. The maximum absolute atomic E-state index is 15.2. The van der Waals surface area contributed by atoms with Gasteiger partial charge in [-0.25, -0.2) is 0 Å². The van der Waals surface area contributed by atoms with Crippen molar-refractivity contribution < 1.29 is 65.9 Å². The van der Waals surface area contributed by atoms with Crippen molar-refractivity contribution in [2.45, 2.75) is 193 Å². The Hall–Kier alpha value is -7.31. The van der Waals surface area contributed by atoms with Crippen LogP contribution in [-0.2, 0) is 71.8 Å². The monoisotopic (exact) mass is 1330 g/mol. The van der Waals surface area contributed by atoms with Crippen LogP contribution in [0, 0.1) is 24.7 Å². The number of carbonyl (C=O) groups is 11. The molecule has 2 aliphatic heterocycles. The lowest BCUT2D eigenvalue weighted by atomic mass is 9.90. The van der Waals surface area contributed by atoms with Crippen LogP contribution in [0.5, 0.6) is 0 Å². The standard InChI is InChI=1S/C67H99ClF3N11O11/c1-16-42(6)57-63(91)77(11)38-55(85)75(9)39-56(86)80(14)52(36-46-24-22-41(5)23-25-46)62(90)76(10)37-53(83)72-49(29-27-45-26-28-47(48(68)35-45)67(69,70)71)61(89)82-32-20-21-50(82)60(88)74-66(30-18-19-31-66)65(93)81(15)58(43(7)17-2)64(92)78(12)44(8)34-54(84)79(13)51(33-40(3)4)59(87)73-57/h22-26,28,35,40,42-44,49-52,57-58H,16-21,27,29-34,36-39H2,1-15H3,(H,72,83)(H,73,87)(H,74,88)/t42-,43-,44+,49-,50-,51-,52-,57-,58-/m0/s1. The molecule has 1 aliphatic carbocycles. The maximum Gasteiger partial charge on any atom is 0.417 e. The molecule has 22 nitrogen and oxygen atoms in total. The van der Waals surface area contributed by atoms with E-state index in [-0.39, 0.29) is 63.8 Å². The lowest BCUT2D eigenvalue weighted by molar-refractivity contribution is -0.153. The minimum Gasteiger partial charge on any atom is -0.343 e. The van der Waals surface area contributed by atoms with Crippen LogP contribution >= 0.6 is 11.6 Å². The SMILES string of the molecule is CC[C@H](C)[C@@H]1NC(=O)[C@H](CC(C)C)N(C)C(=O)C[C@@H](C)N(C)C(=O)[C@H]([C@@H](C)CC)N(C)C(=O)C2(CCCC2)NC(=O)[C@@H]2CCCN2C(=O)[C@H](CCc2ccc(C(F)(F)F)c(Cl)c2)NC(=O)CN(C)C(=O)[C@H](Cc2ccc(C)cc2)N(C)C(=O)CN(C)C(=O)CN(C)C1=O. The van der Waals surface area contributed by atoms with Gasteiger partial charge in [0.15, 0.2) is 0 Å². The van der Waals surface area contributed by atoms with Crippen molar-refractivity contribution in [1.82, 2.24) is 55.1 Å². The number of aryl methyl sites for hydroxylation is 2. The predicted molar refractivity (Wildman–Crippen MR) is 345 cm³/mol. The third-order valence-electron chi connectivity index (χ3n) is 19.0. The summed E-state index contributed by atoms with van der Waals surface area (Å²) in [5.41, 5.74) is -0.721. The van der Waals surface area contributed by atoms with Crippen molar-refractivity contribution >= 4 is 76.6 Å². The number of nitrogens with zero attached hydrogens (tertiary/aromatic N) is 8. The van der Waals surface area contributed by atoms with E-state index in [9.17, 15) is 56.3 Å². The smallest absolute Gasteiger partial charge is 0.343 e. The van der Waals surface area contributed by atoms with Gasteiger partial charge in [-0.15, -0.1) is 0 Å². The van der Waals surface area contributed by atoms with Crippen molar-refractivity contribution in [3.8, 4) is 0 Å². The molecule has 2 aromatic carbocycles. The molecule has 26 heteroatoms. The zero-order valence-corrected chi connectivity index (χ0v) is 57.7. The number of hydrogen-bond donors (Lipinski definition) is 3. The Balaban J connectivity index is 1.58. The fourth-order valence-corrected chi connectivity index (χ4v) is 12.8. The number of fused-ring (bicyclic) bond motifs is 1. The Morgan fingerprint density at radius 2 is 1.22 bits per heavy atom. The molecule has 93 heavy (non-hydrogen) atoms. The van der Waals surface area contributed by atoms with Gasteiger partial charge >= 0.3 is 6.18 Å². The first-order valence-corrected chi connectivity index (χ1v) is 32.8. The largest absolute Gasteiger partial charge is 0.417 e. The van der Waals surface area contributed by atoms with E-state index in [1.54, 1.807) is 26.0 Å². The summed E-state index contributed by atoms with van der Waals surface area (Å²) in [7, 11) is 9.99. The van der Waals surface area contributed by atoms with Crippen molar-refractivity contribution in [2.75, 3.05) is 75.5 Å². The van der Waals surface area contributed by atoms with Gasteiger partial charge in [0.05, 0.1) is 30.2 Å². The average molecular weight is 1330 g/mol. The summed E-state index contributed by atoms with van der Waals surface area (Å²) in [4.78, 5) is 171. The van der Waals surface area contributed by atoms with Crippen LogP contribution in [0.15, 0.2) is 42.5 Å². The van der Waals surface area contributed by atoms with E-state index in [1.165, 1.54) is 75.0 Å². The van der Waals surface area contributed by atoms with Gasteiger partial charge < -0.3 is 55.1 Å². The summed E-state index contributed by atoms with van der Waals surface area (Å²) < 4.78 is 41.4. The molecule has 2 saturated heterocycles. The summed E-state index contributed by atoms with van der Waals surface area (Å²) in [6.45, 7) is 12.9. The van der Waals surface area contributed by atoms with E-state index >= 15 is 9.59 Å². The molecule has 0 unspecified atom stereocenters. The number of nitrogens with one attached hydrogen (secondary N) is 3. The number of carbonyl (C=O) groups excluding carboxylic acids is 11. The molecule has 0 bridgehead atoms. The number of likely N-dealkylation sites (N-methyl/N-ethyl adjacent to an activating group) is 7. The molecule has 5 rings (SSSR count). The maximum atomic E-state index is 15.2. The van der Waals surface area contributed by atoms with E-state index in [1.807, 2.05) is 53.7 Å². The highest BCUT2D eigenvalue weighted by molar-refractivity contribution is 6.31. The number of hydrogen-bond acceptors (Lipinski definition) is 11. The third-order valence-corrected chi connectivity index (χ3v) is 19.4. The second kappa shape index (κ2) is 33.2. The number of benzene rings is 2. The summed E-state index contributed by atoms with van der Waals surface area (Å²) in [5.74, 6) is -7.96. The zero-order valence-electron chi connectivity index (χ0n) is 56.9. The van der Waals surface area contributed by atoms with E-state index in [2.05, 4.69) is 16.0 Å². The first-order chi connectivity index (χ1) is 43.5. The second-order valence-electron chi connectivity index (χ2n) is 26.6. The molecule has 2 aromatic rings. The molecule has 1 spiro atoms. The molecule has 3 fully saturated rings. The Morgan fingerprint density at radius 3 is 1.80 bits per heavy atom. The zero-order chi connectivity index (χ0) is 69.7. The second-order valence-corrected chi connectivity index (χ2v) is 27.0. The van der Waals surface area contributed by atoms with Crippen LogP contribution in [0.3, 0.4) is 0 Å². The topological polar surface area (TPSA) is 250 Å². The van der Waals surface area contributed by atoms with Gasteiger partial charge in [0, 0.05) is 74.8 Å². The fraction of sp³-hybridized carbons (Fsp3) is 0.657. The van der Waals surface area contributed by atoms with Gasteiger partial charge in [-0.2, -0.15) is 13.2 Å². The van der Waals surface area contributed by atoms with Crippen LogP contribution in [-0.4, -0.2) is 228 Å². The molecule has 9 atom stereocenters. The molecule has 2 heterocycles. The third kappa shape index (κ3) is 19.4. The summed E-state index contributed by atoms with van der Waals surface area (Å²) >= 11 is 6.12. The summed E-state index contributed by atoms with van der Waals surface area (Å²) in [6, 6.07) is 2.42. The first-order valence-electron chi connectivity index (χ1n) is 32.4. The molecule has 11 amide bonds. The van der Waals surface area contributed by atoms with Gasteiger partial charge in [-0.1, -0.05) is 115 Å². The number of halogens is 4. The van der Waals surface area contributed by atoms with Gasteiger partial charge in [0.1, 0.15) is 41.8 Å². The van der Waals surface area contributed by atoms with Crippen LogP contribution < -0.4 is 16.0 Å². The highest BCUT2D eigenvalue weighted by Gasteiger charge is 2.50. The van der Waals surface area contributed by atoms with Crippen molar-refractivity contribution in [2.24, 2.45) is 17.8 Å². The van der Waals surface area contributed by atoms with Crippen molar-refractivity contribution in [3.05, 3.63) is 69.7 Å². The number of alkyl halides is 3. The van der Waals surface area contributed by atoms with E-state index in [4.69, 9.17) is 11.6 Å². The minimum absolute atomic E-state index is 0.0433.